The van der Waals surface area contributed by atoms with Crippen LogP contribution in [0.3, 0.4) is 0 Å². The number of hydrogen-bond acceptors (Lipinski definition) is 3. The Labute approximate surface area is 417 Å². The zero-order valence-electron chi connectivity index (χ0n) is 40.9. The van der Waals surface area contributed by atoms with Crippen molar-refractivity contribution in [2.75, 3.05) is 0 Å². The van der Waals surface area contributed by atoms with E-state index < -0.39 is 11.7 Å². The topological polar surface area (TPSA) is 59.0 Å². The standard InChI is InChI=1S/C58H64F3NO2.2CH3.Hf/c1-54(2,3)39-21-46(52(63)48(23-39)56-27-33-15-34(28-56)17-35(16-33)29-56)42-11-7-9-13-44(42)50-25-41(58(59,60)61)26-51(62-50)45-14-10-8-12-43(45)47-22-40(55(4,5)6)24-49(53(47)64)57-30-36-18-37(31-57)20-38(19-36)32-57;;;/h7-14,21-26,33-38,63-64H,15-20,27-32H2,1-6H3;2*1H3;/q;2*-1;+4/p-2. The average Bonchev–Trinajstić information content (AvgIpc) is 3.21. The third-order valence-electron chi connectivity index (χ3n) is 17.3. The number of alkyl halides is 3. The fourth-order valence-electron chi connectivity index (χ4n) is 15.0. The first-order valence-electron chi connectivity index (χ1n) is 24.3. The molecule has 1 heterocycles. The predicted octanol–water partition coefficient (Wildman–Crippen LogP) is 15.3. The van der Waals surface area contributed by atoms with E-state index in [9.17, 15) is 0 Å². The molecule has 67 heavy (non-hydrogen) atoms. The van der Waals surface area contributed by atoms with Crippen LogP contribution in [0.15, 0.2) is 84.9 Å². The molecular weight excluding hydrogens is 1000 g/mol. The van der Waals surface area contributed by atoms with Gasteiger partial charge in [-0.1, -0.05) is 126 Å². The second-order valence-corrected chi connectivity index (χ2v) is 23.9. The minimum absolute atomic E-state index is 0. The second kappa shape index (κ2) is 17.3. The molecule has 350 valence electrons. The smallest absolute Gasteiger partial charge is 0.872 e. The van der Waals surface area contributed by atoms with Gasteiger partial charge in [0, 0.05) is 11.1 Å². The summed E-state index contributed by atoms with van der Waals surface area (Å²) < 4.78 is 45.7. The van der Waals surface area contributed by atoms with Crippen LogP contribution in [0, 0.1) is 50.4 Å². The number of nitrogens with zero attached hydrogens (tertiary/aromatic N) is 1. The Hall–Kier alpha value is -3.71. The zero-order valence-corrected chi connectivity index (χ0v) is 44.5. The molecule has 13 rings (SSSR count). The van der Waals surface area contributed by atoms with Crippen molar-refractivity contribution in [3.8, 4) is 56.3 Å². The first-order chi connectivity index (χ1) is 30.2. The van der Waals surface area contributed by atoms with Gasteiger partial charge in [0.25, 0.3) is 0 Å². The number of hydrogen-bond donors (Lipinski definition) is 0. The summed E-state index contributed by atoms with van der Waals surface area (Å²) in [6, 6.07) is 25.4. The summed E-state index contributed by atoms with van der Waals surface area (Å²) in [5.74, 6) is 3.87. The fraction of sp³-hybridized carbons (Fsp3) is 0.483. The van der Waals surface area contributed by atoms with Gasteiger partial charge in [0.1, 0.15) is 0 Å². The van der Waals surface area contributed by atoms with Crippen molar-refractivity contribution in [2.24, 2.45) is 35.5 Å². The molecular formula is C60H68F3HfNO2. The van der Waals surface area contributed by atoms with Gasteiger partial charge in [-0.2, -0.15) is 13.2 Å². The second-order valence-electron chi connectivity index (χ2n) is 23.9. The molecule has 3 nitrogen and oxygen atoms in total. The van der Waals surface area contributed by atoms with Crippen molar-refractivity contribution in [1.82, 2.24) is 4.98 Å². The van der Waals surface area contributed by atoms with E-state index in [4.69, 9.17) is 4.98 Å². The van der Waals surface area contributed by atoms with Crippen LogP contribution in [-0.4, -0.2) is 4.98 Å². The minimum Gasteiger partial charge on any atom is -0.872 e. The largest absolute Gasteiger partial charge is 4.00 e. The van der Waals surface area contributed by atoms with E-state index in [1.54, 1.807) is 12.1 Å². The molecule has 4 aromatic carbocycles. The van der Waals surface area contributed by atoms with E-state index in [1.165, 1.54) is 38.5 Å². The van der Waals surface area contributed by atoms with Gasteiger partial charge in [-0.3, -0.25) is 0 Å². The molecule has 0 aliphatic heterocycles. The maximum atomic E-state index is 15.2. The van der Waals surface area contributed by atoms with Crippen LogP contribution in [-0.2, 0) is 53.7 Å². The maximum absolute atomic E-state index is 15.2. The van der Waals surface area contributed by atoms with Crippen LogP contribution in [0.4, 0.5) is 13.2 Å². The molecule has 0 saturated heterocycles. The van der Waals surface area contributed by atoms with Crippen LogP contribution in [0.25, 0.3) is 44.8 Å². The van der Waals surface area contributed by atoms with E-state index in [-0.39, 0.29) is 85.2 Å². The summed E-state index contributed by atoms with van der Waals surface area (Å²) in [7, 11) is 0. The van der Waals surface area contributed by atoms with Crippen LogP contribution < -0.4 is 10.2 Å². The van der Waals surface area contributed by atoms with Gasteiger partial charge in [0.15, 0.2) is 0 Å². The van der Waals surface area contributed by atoms with Gasteiger partial charge < -0.3 is 25.1 Å². The molecule has 0 unspecified atom stereocenters. The van der Waals surface area contributed by atoms with Crippen molar-refractivity contribution < 1.29 is 49.2 Å². The Bertz CT molecular complexity index is 2440. The van der Waals surface area contributed by atoms with E-state index >= 15 is 23.4 Å². The van der Waals surface area contributed by atoms with Gasteiger partial charge in [-0.05, 0) is 191 Å². The predicted molar refractivity (Wildman–Crippen MR) is 260 cm³/mol. The fourth-order valence-corrected chi connectivity index (χ4v) is 15.0. The van der Waals surface area contributed by atoms with Gasteiger partial charge in [0.2, 0.25) is 0 Å². The van der Waals surface area contributed by atoms with Crippen molar-refractivity contribution in [3.63, 3.8) is 0 Å². The quantitative estimate of drug-likeness (QED) is 0.126. The molecule has 0 N–H and O–H groups in total. The van der Waals surface area contributed by atoms with E-state index in [0.29, 0.717) is 68.9 Å². The number of aromatic nitrogens is 1. The first kappa shape index (κ1) is 49.7. The SMILES string of the molecule is CC(C)(C)c1cc(-c2ccccc2-c2cc(C(F)(F)F)cc(-c3ccccc3-c3cc(C(C)(C)C)cc(C45CC6CC(CC(C6)C4)C5)c3[O-])n2)c([O-])c(C23CC4CC(CC(C4)C2)C3)c1.[CH3-].[CH3-].[Hf+4]. The number of halogens is 3. The maximum Gasteiger partial charge on any atom is 4.00 e. The molecule has 8 aliphatic carbocycles. The van der Waals surface area contributed by atoms with Gasteiger partial charge in [0.05, 0.1) is 17.0 Å². The molecule has 8 fully saturated rings. The zero-order chi connectivity index (χ0) is 44.7. The number of benzene rings is 4. The summed E-state index contributed by atoms with van der Waals surface area (Å²) in [4.78, 5) is 5.11. The summed E-state index contributed by atoms with van der Waals surface area (Å²) in [6.45, 7) is 13.0. The Morgan fingerprint density at radius 1 is 0.448 bits per heavy atom. The van der Waals surface area contributed by atoms with E-state index in [0.717, 1.165) is 72.9 Å². The van der Waals surface area contributed by atoms with Crippen LogP contribution >= 0.6 is 0 Å². The number of pyridine rings is 1. The molecule has 0 amide bonds. The van der Waals surface area contributed by atoms with Crippen molar-refractivity contribution in [2.45, 2.75) is 146 Å². The molecule has 0 atom stereocenters. The van der Waals surface area contributed by atoms with Gasteiger partial charge in [-0.25, -0.2) is 4.98 Å². The molecule has 7 heteroatoms. The van der Waals surface area contributed by atoms with Crippen LogP contribution in [0.5, 0.6) is 11.5 Å². The Balaban J connectivity index is 0.00000203. The molecule has 0 spiro atoms. The first-order valence-corrected chi connectivity index (χ1v) is 24.3. The molecule has 8 saturated carbocycles. The van der Waals surface area contributed by atoms with Crippen molar-refractivity contribution in [3.05, 3.63) is 128 Å². The molecule has 1 aromatic heterocycles. The minimum atomic E-state index is -4.68. The molecule has 8 aliphatic rings. The summed E-state index contributed by atoms with van der Waals surface area (Å²) in [5, 5.41) is 30.4. The van der Waals surface area contributed by atoms with Gasteiger partial charge in [-0.15, -0.1) is 0 Å². The van der Waals surface area contributed by atoms with Gasteiger partial charge >= 0.3 is 32.0 Å². The summed E-state index contributed by atoms with van der Waals surface area (Å²) in [5.41, 5.74) is 5.74. The van der Waals surface area contributed by atoms with Crippen LogP contribution in [0.1, 0.15) is 146 Å². The third kappa shape index (κ3) is 8.60. The van der Waals surface area contributed by atoms with Crippen molar-refractivity contribution >= 4 is 0 Å². The third-order valence-corrected chi connectivity index (χ3v) is 17.3. The van der Waals surface area contributed by atoms with Crippen molar-refractivity contribution in [1.29, 1.82) is 0 Å². The monoisotopic (exact) mass is 1070 g/mol. The molecule has 0 radical (unpaired) electrons. The Morgan fingerprint density at radius 2 is 0.746 bits per heavy atom. The van der Waals surface area contributed by atoms with E-state index in [1.807, 2.05) is 48.5 Å². The number of rotatable bonds is 6. The van der Waals surface area contributed by atoms with Crippen LogP contribution in [0.2, 0.25) is 0 Å². The van der Waals surface area contributed by atoms with E-state index in [2.05, 4.69) is 53.7 Å². The average molecular weight is 1070 g/mol. The molecule has 5 aromatic rings. The summed E-state index contributed by atoms with van der Waals surface area (Å²) in [6.07, 6.45) is 9.10. The normalized spacial score (nSPS) is 28.1. The Morgan fingerprint density at radius 3 is 1.03 bits per heavy atom. The molecule has 8 bridgehead atoms. The Kier molecular flexibility index (Phi) is 12.8. The summed E-state index contributed by atoms with van der Waals surface area (Å²) >= 11 is 0.